The molecular formula is C7H4Cl2F3NO2S. The van der Waals surface area contributed by atoms with Crippen LogP contribution in [0.2, 0.25) is 10.0 Å². The van der Waals surface area contributed by atoms with Crippen molar-refractivity contribution in [3.8, 4) is 0 Å². The summed E-state index contributed by atoms with van der Waals surface area (Å²) in [4.78, 5) is -1.04. The fourth-order valence-electron chi connectivity index (χ4n) is 0.850. The van der Waals surface area contributed by atoms with Crippen molar-refractivity contribution in [2.75, 3.05) is 5.73 Å². The number of rotatable bonds is 1. The lowest BCUT2D eigenvalue weighted by Crippen LogP contribution is -2.23. The zero-order chi connectivity index (χ0) is 12.7. The van der Waals surface area contributed by atoms with Crippen LogP contribution in [0.15, 0.2) is 17.0 Å². The number of hydrogen-bond donors (Lipinski definition) is 1. The minimum absolute atomic E-state index is 0.176. The lowest BCUT2D eigenvalue weighted by molar-refractivity contribution is -0.0435. The number of nitrogens with two attached hydrogens (primary N) is 1. The molecule has 0 aliphatic carbocycles. The van der Waals surface area contributed by atoms with Crippen molar-refractivity contribution >= 4 is 38.7 Å². The molecule has 9 heteroatoms. The summed E-state index contributed by atoms with van der Waals surface area (Å²) in [5.41, 5.74) is -0.320. The molecule has 2 N–H and O–H groups in total. The zero-order valence-electron chi connectivity index (χ0n) is 7.35. The van der Waals surface area contributed by atoms with E-state index in [0.717, 1.165) is 0 Å². The van der Waals surface area contributed by atoms with Crippen LogP contribution in [0, 0.1) is 0 Å². The molecule has 1 aromatic carbocycles. The maximum Gasteiger partial charge on any atom is 0.501 e. The van der Waals surface area contributed by atoms with Gasteiger partial charge in [0, 0.05) is 0 Å². The highest BCUT2D eigenvalue weighted by atomic mass is 35.5. The number of nitrogen functional groups attached to an aromatic ring is 1. The Morgan fingerprint density at radius 1 is 1.12 bits per heavy atom. The van der Waals surface area contributed by atoms with Crippen molar-refractivity contribution in [3.05, 3.63) is 22.2 Å². The SMILES string of the molecule is Nc1c(Cl)cc(S(=O)(=O)C(F)(F)F)cc1Cl. The van der Waals surface area contributed by atoms with E-state index in [4.69, 9.17) is 28.9 Å². The second kappa shape index (κ2) is 3.97. The summed E-state index contributed by atoms with van der Waals surface area (Å²) in [5, 5.41) is -0.703. The summed E-state index contributed by atoms with van der Waals surface area (Å²) in [6.07, 6.45) is 0. The highest BCUT2D eigenvalue weighted by molar-refractivity contribution is 7.92. The molecule has 0 unspecified atom stereocenters. The fraction of sp³-hybridized carbons (Fsp3) is 0.143. The molecular weight excluding hydrogens is 290 g/mol. The summed E-state index contributed by atoms with van der Waals surface area (Å²) in [5.74, 6) is 0. The molecule has 0 fully saturated rings. The summed E-state index contributed by atoms with van der Waals surface area (Å²) in [6, 6.07) is 1.21. The van der Waals surface area contributed by atoms with Gasteiger partial charge in [0.25, 0.3) is 9.84 Å². The fourth-order valence-corrected chi connectivity index (χ4v) is 2.28. The monoisotopic (exact) mass is 293 g/mol. The molecule has 0 aliphatic rings. The minimum Gasteiger partial charge on any atom is -0.396 e. The Morgan fingerprint density at radius 2 is 1.50 bits per heavy atom. The average Bonchev–Trinajstić information content (AvgIpc) is 2.11. The first-order valence-corrected chi connectivity index (χ1v) is 5.87. The molecule has 1 aromatic rings. The summed E-state index contributed by atoms with van der Waals surface area (Å²) in [7, 11) is -5.46. The van der Waals surface area contributed by atoms with E-state index in [-0.39, 0.29) is 15.7 Å². The lowest BCUT2D eigenvalue weighted by atomic mass is 10.3. The van der Waals surface area contributed by atoms with Crippen LogP contribution in [-0.2, 0) is 9.84 Å². The molecule has 16 heavy (non-hydrogen) atoms. The molecule has 0 aliphatic heterocycles. The number of alkyl halides is 3. The van der Waals surface area contributed by atoms with Gasteiger partial charge < -0.3 is 5.73 Å². The molecule has 0 amide bonds. The van der Waals surface area contributed by atoms with E-state index in [0.29, 0.717) is 12.1 Å². The van der Waals surface area contributed by atoms with E-state index in [2.05, 4.69) is 0 Å². The van der Waals surface area contributed by atoms with Crippen molar-refractivity contribution in [2.45, 2.75) is 10.4 Å². The maximum atomic E-state index is 12.2. The Hall–Kier alpha value is -0.660. The van der Waals surface area contributed by atoms with Crippen LogP contribution in [0.5, 0.6) is 0 Å². The van der Waals surface area contributed by atoms with E-state index in [1.165, 1.54) is 0 Å². The molecule has 0 atom stereocenters. The van der Waals surface area contributed by atoms with Crippen LogP contribution in [0.3, 0.4) is 0 Å². The molecule has 3 nitrogen and oxygen atoms in total. The van der Waals surface area contributed by atoms with Crippen LogP contribution in [-0.4, -0.2) is 13.9 Å². The van der Waals surface area contributed by atoms with Gasteiger partial charge in [0.1, 0.15) is 0 Å². The Labute approximate surface area is 98.9 Å². The van der Waals surface area contributed by atoms with Gasteiger partial charge in [-0.3, -0.25) is 0 Å². The van der Waals surface area contributed by atoms with Crippen molar-refractivity contribution in [1.82, 2.24) is 0 Å². The normalized spacial score (nSPS) is 12.8. The van der Waals surface area contributed by atoms with Gasteiger partial charge in [0.15, 0.2) is 0 Å². The van der Waals surface area contributed by atoms with Gasteiger partial charge in [0.2, 0.25) is 0 Å². The highest BCUT2D eigenvalue weighted by Crippen LogP contribution is 2.36. The van der Waals surface area contributed by atoms with Crippen molar-refractivity contribution in [3.63, 3.8) is 0 Å². The van der Waals surface area contributed by atoms with E-state index in [1.54, 1.807) is 0 Å². The van der Waals surface area contributed by atoms with Gasteiger partial charge in [-0.05, 0) is 12.1 Å². The predicted molar refractivity (Wildman–Crippen MR) is 54.1 cm³/mol. The van der Waals surface area contributed by atoms with E-state index >= 15 is 0 Å². The molecule has 0 radical (unpaired) electrons. The molecule has 0 heterocycles. The molecule has 0 saturated carbocycles. The summed E-state index contributed by atoms with van der Waals surface area (Å²) in [6.45, 7) is 0. The Bertz CT molecular complexity index is 504. The van der Waals surface area contributed by atoms with Crippen molar-refractivity contribution in [2.24, 2.45) is 0 Å². The Balaban J connectivity index is 3.49. The smallest absolute Gasteiger partial charge is 0.396 e. The summed E-state index contributed by atoms with van der Waals surface area (Å²) >= 11 is 10.9. The van der Waals surface area contributed by atoms with Crippen LogP contribution in [0.25, 0.3) is 0 Å². The quantitative estimate of drug-likeness (QED) is 0.810. The number of anilines is 1. The van der Waals surface area contributed by atoms with Crippen LogP contribution < -0.4 is 5.73 Å². The number of benzene rings is 1. The second-order valence-electron chi connectivity index (χ2n) is 2.75. The maximum absolute atomic E-state index is 12.2. The van der Waals surface area contributed by atoms with Crippen LogP contribution in [0.1, 0.15) is 0 Å². The molecule has 0 saturated heterocycles. The first-order valence-electron chi connectivity index (χ1n) is 3.63. The zero-order valence-corrected chi connectivity index (χ0v) is 9.67. The molecule has 0 bridgehead atoms. The molecule has 1 rings (SSSR count). The summed E-state index contributed by atoms with van der Waals surface area (Å²) < 4.78 is 58.5. The van der Waals surface area contributed by atoms with Crippen molar-refractivity contribution in [1.29, 1.82) is 0 Å². The van der Waals surface area contributed by atoms with E-state index in [9.17, 15) is 21.6 Å². The second-order valence-corrected chi connectivity index (χ2v) is 5.51. The van der Waals surface area contributed by atoms with E-state index < -0.39 is 20.2 Å². The largest absolute Gasteiger partial charge is 0.501 e. The molecule has 90 valence electrons. The van der Waals surface area contributed by atoms with Crippen molar-refractivity contribution < 1.29 is 21.6 Å². The Morgan fingerprint density at radius 3 is 1.81 bits per heavy atom. The topological polar surface area (TPSA) is 60.2 Å². The van der Waals surface area contributed by atoms with Gasteiger partial charge in [0.05, 0.1) is 20.6 Å². The molecule has 0 aromatic heterocycles. The minimum atomic E-state index is -5.46. The molecule has 0 spiro atoms. The van der Waals surface area contributed by atoms with Gasteiger partial charge in [-0.1, -0.05) is 23.2 Å². The third-order valence-corrected chi connectivity index (χ3v) is 3.76. The standard InChI is InChI=1S/C7H4Cl2F3NO2S/c8-4-1-3(2-5(9)6(4)13)16(14,15)7(10,11)12/h1-2H,13H2. The third-order valence-electron chi connectivity index (χ3n) is 1.67. The Kier molecular flexibility index (Phi) is 3.33. The average molecular weight is 294 g/mol. The first-order chi connectivity index (χ1) is 7.07. The predicted octanol–water partition coefficient (Wildman–Crippen LogP) is 2.87. The third kappa shape index (κ3) is 2.21. The highest BCUT2D eigenvalue weighted by Gasteiger charge is 2.47. The van der Waals surface area contributed by atoms with Crippen LogP contribution >= 0.6 is 23.2 Å². The van der Waals surface area contributed by atoms with Crippen LogP contribution in [0.4, 0.5) is 18.9 Å². The van der Waals surface area contributed by atoms with Gasteiger partial charge in [-0.15, -0.1) is 0 Å². The van der Waals surface area contributed by atoms with E-state index in [1.807, 2.05) is 0 Å². The number of halogens is 5. The first kappa shape index (κ1) is 13.4. The lowest BCUT2D eigenvalue weighted by Gasteiger charge is -2.10. The van der Waals surface area contributed by atoms with Gasteiger partial charge in [-0.25, -0.2) is 8.42 Å². The number of hydrogen-bond acceptors (Lipinski definition) is 3. The van der Waals surface area contributed by atoms with Gasteiger partial charge in [-0.2, -0.15) is 13.2 Å². The van der Waals surface area contributed by atoms with Gasteiger partial charge >= 0.3 is 5.51 Å². The number of sulfone groups is 1.